The van der Waals surface area contributed by atoms with E-state index < -0.39 is 10.0 Å². The van der Waals surface area contributed by atoms with Gasteiger partial charge in [0.25, 0.3) is 0 Å². The van der Waals surface area contributed by atoms with Gasteiger partial charge in [0.1, 0.15) is 0 Å². The van der Waals surface area contributed by atoms with Crippen LogP contribution in [0.2, 0.25) is 0 Å². The highest BCUT2D eigenvalue weighted by Gasteiger charge is 2.16. The highest BCUT2D eigenvalue weighted by molar-refractivity contribution is 7.89. The summed E-state index contributed by atoms with van der Waals surface area (Å²) in [5, 5.41) is 2.79. The van der Waals surface area contributed by atoms with Gasteiger partial charge in [0.05, 0.1) is 9.90 Å². The largest absolute Gasteiger partial charge is 0.399 e. The molecule has 0 spiro atoms. The van der Waals surface area contributed by atoms with Crippen LogP contribution in [0.25, 0.3) is 0 Å². The lowest BCUT2D eigenvalue weighted by Crippen LogP contribution is -2.27. The summed E-state index contributed by atoms with van der Waals surface area (Å²) in [6.45, 7) is 2.25. The van der Waals surface area contributed by atoms with E-state index in [1.54, 1.807) is 18.3 Å². The number of thiazole rings is 1. The molecule has 0 fully saturated rings. The van der Waals surface area contributed by atoms with Crippen LogP contribution >= 0.6 is 11.3 Å². The Kier molecular flexibility index (Phi) is 4.18. The summed E-state index contributed by atoms with van der Waals surface area (Å²) in [6, 6.07) is 6.12. The molecule has 0 saturated carbocycles. The molecule has 1 heterocycles. The van der Waals surface area contributed by atoms with Crippen molar-refractivity contribution in [2.24, 2.45) is 0 Å². The van der Waals surface area contributed by atoms with E-state index in [9.17, 15) is 8.42 Å². The number of nitrogen functional groups attached to an aromatic ring is 1. The van der Waals surface area contributed by atoms with E-state index in [4.69, 9.17) is 5.73 Å². The fraction of sp³-hybridized carbons (Fsp3) is 0.250. The molecule has 19 heavy (non-hydrogen) atoms. The normalized spacial score (nSPS) is 13.3. The van der Waals surface area contributed by atoms with Crippen molar-refractivity contribution in [3.05, 3.63) is 40.8 Å². The first-order valence-corrected chi connectivity index (χ1v) is 8.10. The summed E-state index contributed by atoms with van der Waals surface area (Å²) in [5.41, 5.74) is 6.07. The van der Waals surface area contributed by atoms with Crippen molar-refractivity contribution in [2.75, 3.05) is 12.3 Å². The molecule has 1 aromatic heterocycles. The van der Waals surface area contributed by atoms with Crippen molar-refractivity contribution in [1.29, 1.82) is 0 Å². The van der Waals surface area contributed by atoms with Gasteiger partial charge in [0.15, 0.2) is 0 Å². The SMILES string of the molecule is CC(CNS(=O)(=O)c1ccc(N)cc1)c1nccs1. The second-order valence-electron chi connectivity index (χ2n) is 4.19. The van der Waals surface area contributed by atoms with Gasteiger partial charge in [-0.1, -0.05) is 6.92 Å². The molecular weight excluding hydrogens is 282 g/mol. The molecule has 2 aromatic rings. The number of nitrogens with zero attached hydrogens (tertiary/aromatic N) is 1. The molecule has 0 saturated heterocycles. The van der Waals surface area contributed by atoms with Gasteiger partial charge in [0, 0.05) is 29.7 Å². The Hall–Kier alpha value is -1.44. The summed E-state index contributed by atoms with van der Waals surface area (Å²) in [4.78, 5) is 4.38. The van der Waals surface area contributed by atoms with Crippen molar-refractivity contribution in [2.45, 2.75) is 17.7 Å². The van der Waals surface area contributed by atoms with Crippen LogP contribution in [0.15, 0.2) is 40.7 Å². The predicted molar refractivity (Wildman–Crippen MR) is 76.6 cm³/mol. The minimum absolute atomic E-state index is 0.0450. The van der Waals surface area contributed by atoms with E-state index in [0.29, 0.717) is 12.2 Å². The second-order valence-corrected chi connectivity index (χ2v) is 6.89. The maximum absolute atomic E-state index is 12.0. The Morgan fingerprint density at radius 3 is 2.63 bits per heavy atom. The standard InChI is InChI=1S/C12H15N3O2S2/c1-9(12-14-6-7-18-12)8-15-19(16,17)11-4-2-10(13)3-5-11/h2-7,9,15H,8,13H2,1H3. The van der Waals surface area contributed by atoms with Crippen molar-refractivity contribution in [1.82, 2.24) is 9.71 Å². The van der Waals surface area contributed by atoms with Gasteiger partial charge < -0.3 is 5.73 Å². The van der Waals surface area contributed by atoms with Gasteiger partial charge >= 0.3 is 0 Å². The molecule has 0 aliphatic carbocycles. The molecule has 0 bridgehead atoms. The molecule has 0 amide bonds. The minimum atomic E-state index is -3.49. The zero-order valence-corrected chi connectivity index (χ0v) is 12.0. The topological polar surface area (TPSA) is 85.1 Å². The Morgan fingerprint density at radius 2 is 2.05 bits per heavy atom. The number of nitrogens with one attached hydrogen (secondary N) is 1. The van der Waals surface area contributed by atoms with Crippen molar-refractivity contribution >= 4 is 27.0 Å². The van der Waals surface area contributed by atoms with Crippen molar-refractivity contribution in [3.63, 3.8) is 0 Å². The molecule has 1 atom stereocenters. The second kappa shape index (κ2) is 5.68. The maximum Gasteiger partial charge on any atom is 0.240 e. The van der Waals surface area contributed by atoms with E-state index in [0.717, 1.165) is 5.01 Å². The molecule has 3 N–H and O–H groups in total. The molecule has 2 rings (SSSR count). The summed E-state index contributed by atoms with van der Waals surface area (Å²) in [6.07, 6.45) is 1.71. The zero-order chi connectivity index (χ0) is 13.9. The lowest BCUT2D eigenvalue weighted by atomic mass is 10.2. The van der Waals surface area contributed by atoms with E-state index in [1.165, 1.54) is 23.5 Å². The molecule has 1 aromatic carbocycles. The van der Waals surface area contributed by atoms with Gasteiger partial charge in [-0.05, 0) is 24.3 Å². The van der Waals surface area contributed by atoms with Gasteiger partial charge in [-0.2, -0.15) is 0 Å². The van der Waals surface area contributed by atoms with Gasteiger partial charge in [0.2, 0.25) is 10.0 Å². The van der Waals surface area contributed by atoms with Crippen LogP contribution < -0.4 is 10.5 Å². The Labute approximate surface area is 116 Å². The predicted octanol–water partition coefficient (Wildman–Crippen LogP) is 1.81. The van der Waals surface area contributed by atoms with Crippen LogP contribution in [0.5, 0.6) is 0 Å². The molecule has 5 nitrogen and oxygen atoms in total. The summed E-state index contributed by atoms with van der Waals surface area (Å²) >= 11 is 1.52. The molecule has 7 heteroatoms. The lowest BCUT2D eigenvalue weighted by molar-refractivity contribution is 0.574. The third-order valence-electron chi connectivity index (χ3n) is 2.64. The van der Waals surface area contributed by atoms with Gasteiger partial charge in [-0.15, -0.1) is 11.3 Å². The fourth-order valence-electron chi connectivity index (χ4n) is 1.53. The third-order valence-corrected chi connectivity index (χ3v) is 5.09. The molecule has 102 valence electrons. The first-order valence-electron chi connectivity index (χ1n) is 5.73. The maximum atomic E-state index is 12.0. The Balaban J connectivity index is 2.04. The highest BCUT2D eigenvalue weighted by Crippen LogP contribution is 2.18. The Bertz CT molecular complexity index is 622. The van der Waals surface area contributed by atoms with Crippen LogP contribution in [0.1, 0.15) is 17.8 Å². The number of aromatic nitrogens is 1. The Morgan fingerprint density at radius 1 is 1.37 bits per heavy atom. The van der Waals surface area contributed by atoms with Gasteiger partial charge in [-0.25, -0.2) is 18.1 Å². The monoisotopic (exact) mass is 297 g/mol. The average Bonchev–Trinajstić information content (AvgIpc) is 2.90. The van der Waals surface area contributed by atoms with Crippen LogP contribution in [0.4, 0.5) is 5.69 Å². The number of anilines is 1. The highest BCUT2D eigenvalue weighted by atomic mass is 32.2. The summed E-state index contributed by atoms with van der Waals surface area (Å²) < 4.78 is 26.7. The molecule has 1 unspecified atom stereocenters. The fourth-order valence-corrected chi connectivity index (χ4v) is 3.36. The van der Waals surface area contributed by atoms with E-state index in [1.807, 2.05) is 12.3 Å². The number of nitrogens with two attached hydrogens (primary N) is 1. The smallest absolute Gasteiger partial charge is 0.240 e. The van der Waals surface area contributed by atoms with Crippen LogP contribution in [0, 0.1) is 0 Å². The van der Waals surface area contributed by atoms with E-state index in [-0.39, 0.29) is 10.8 Å². The first-order chi connectivity index (χ1) is 8.99. The van der Waals surface area contributed by atoms with Crippen molar-refractivity contribution in [3.8, 4) is 0 Å². The van der Waals surface area contributed by atoms with Gasteiger partial charge in [-0.3, -0.25) is 0 Å². The molecule has 0 radical (unpaired) electrons. The lowest BCUT2D eigenvalue weighted by Gasteiger charge is -2.11. The summed E-state index contributed by atoms with van der Waals surface area (Å²) in [7, 11) is -3.49. The molecule has 0 aliphatic rings. The number of benzene rings is 1. The minimum Gasteiger partial charge on any atom is -0.399 e. The zero-order valence-electron chi connectivity index (χ0n) is 10.4. The van der Waals surface area contributed by atoms with Crippen LogP contribution in [0.3, 0.4) is 0 Å². The first kappa shape index (κ1) is 14.0. The summed E-state index contributed by atoms with van der Waals surface area (Å²) in [5.74, 6) is 0.0450. The quantitative estimate of drug-likeness (QED) is 0.824. The van der Waals surface area contributed by atoms with E-state index >= 15 is 0 Å². The number of hydrogen-bond donors (Lipinski definition) is 2. The van der Waals surface area contributed by atoms with Crippen LogP contribution in [-0.4, -0.2) is 19.9 Å². The molecular formula is C12H15N3O2S2. The third kappa shape index (κ3) is 3.52. The molecule has 0 aliphatic heterocycles. The number of sulfonamides is 1. The number of rotatable bonds is 5. The number of hydrogen-bond acceptors (Lipinski definition) is 5. The van der Waals surface area contributed by atoms with Crippen molar-refractivity contribution < 1.29 is 8.42 Å². The van der Waals surface area contributed by atoms with Crippen LogP contribution in [-0.2, 0) is 10.0 Å². The average molecular weight is 297 g/mol. The van der Waals surface area contributed by atoms with E-state index in [2.05, 4.69) is 9.71 Å².